The molecular weight excluding hydrogens is 319 g/mol. The maximum Gasteiger partial charge on any atom is 0.459 e. The van der Waals surface area contributed by atoms with Crippen LogP contribution in [-0.4, -0.2) is 23.2 Å². The van der Waals surface area contributed by atoms with Crippen molar-refractivity contribution in [3.8, 4) is 11.8 Å². The molecule has 7 nitrogen and oxygen atoms in total. The molecule has 0 aromatic heterocycles. The Morgan fingerprint density at radius 2 is 2.17 bits per heavy atom. The van der Waals surface area contributed by atoms with Crippen LogP contribution in [0.5, 0.6) is 5.75 Å². The molecule has 8 heteroatoms. The summed E-state index contributed by atoms with van der Waals surface area (Å²) in [4.78, 5) is 11.6. The van der Waals surface area contributed by atoms with Crippen molar-refractivity contribution in [3.05, 3.63) is 29.8 Å². The van der Waals surface area contributed by atoms with E-state index in [4.69, 9.17) is 14.3 Å². The van der Waals surface area contributed by atoms with Crippen molar-refractivity contribution in [2.24, 2.45) is 5.92 Å². The lowest BCUT2D eigenvalue weighted by atomic mass is 9.90. The van der Waals surface area contributed by atoms with Gasteiger partial charge in [-0.1, -0.05) is 19.9 Å². The van der Waals surface area contributed by atoms with Crippen molar-refractivity contribution in [2.45, 2.75) is 33.2 Å². The van der Waals surface area contributed by atoms with E-state index >= 15 is 0 Å². The fourth-order valence-corrected chi connectivity index (χ4v) is 3.54. The minimum Gasteiger partial charge on any atom is -0.480 e. The van der Waals surface area contributed by atoms with E-state index in [2.05, 4.69) is 5.09 Å². The summed E-state index contributed by atoms with van der Waals surface area (Å²) in [6.07, 6.45) is 0. The molecule has 2 atom stereocenters. The summed E-state index contributed by atoms with van der Waals surface area (Å²) in [5.41, 5.74) is -1.17. The molecule has 0 aliphatic rings. The number of hydrogen-bond donors (Lipinski definition) is 2. The molecule has 0 fully saturated rings. The molecule has 0 radical (unpaired) electrons. The zero-order chi connectivity index (χ0) is 17.7. The summed E-state index contributed by atoms with van der Waals surface area (Å²) in [5.74, 6) is -1.38. The number of nitrogens with zero attached hydrogens (tertiary/aromatic N) is 1. The van der Waals surface area contributed by atoms with Gasteiger partial charge in [-0.25, -0.2) is 4.57 Å². The van der Waals surface area contributed by atoms with Crippen molar-refractivity contribution in [3.63, 3.8) is 0 Å². The van der Waals surface area contributed by atoms with Crippen LogP contribution in [-0.2, 0) is 13.9 Å². The van der Waals surface area contributed by atoms with Gasteiger partial charge in [0.2, 0.25) is 0 Å². The average Bonchev–Trinajstić information content (AvgIpc) is 2.46. The summed E-state index contributed by atoms with van der Waals surface area (Å²) in [6, 6.07) is 8.01. The lowest BCUT2D eigenvalue weighted by Gasteiger charge is -2.33. The van der Waals surface area contributed by atoms with Crippen LogP contribution in [0.25, 0.3) is 0 Å². The lowest BCUT2D eigenvalue weighted by Crippen LogP contribution is -2.52. The second kappa shape index (κ2) is 7.60. The van der Waals surface area contributed by atoms with E-state index in [1.54, 1.807) is 32.9 Å². The zero-order valence-electron chi connectivity index (χ0n) is 13.6. The molecule has 23 heavy (non-hydrogen) atoms. The van der Waals surface area contributed by atoms with Crippen LogP contribution in [0.1, 0.15) is 33.3 Å². The minimum absolute atomic E-state index is 0.0655. The van der Waals surface area contributed by atoms with Gasteiger partial charge in [0.1, 0.15) is 11.3 Å². The van der Waals surface area contributed by atoms with E-state index < -0.39 is 19.3 Å². The molecule has 0 saturated heterocycles. The highest BCUT2D eigenvalue weighted by atomic mass is 31.2. The first-order valence-corrected chi connectivity index (χ1v) is 8.68. The molecule has 1 aromatic carbocycles. The van der Waals surface area contributed by atoms with Gasteiger partial charge in [-0.2, -0.15) is 10.3 Å². The minimum atomic E-state index is -3.94. The van der Waals surface area contributed by atoms with Crippen molar-refractivity contribution < 1.29 is 23.5 Å². The van der Waals surface area contributed by atoms with Gasteiger partial charge in [0.15, 0.2) is 0 Å². The highest BCUT2D eigenvalue weighted by molar-refractivity contribution is 7.52. The molecule has 0 saturated carbocycles. The summed E-state index contributed by atoms with van der Waals surface area (Å²) in [6.45, 7) is 6.48. The third-order valence-electron chi connectivity index (χ3n) is 3.46. The van der Waals surface area contributed by atoms with E-state index in [0.29, 0.717) is 5.56 Å². The largest absolute Gasteiger partial charge is 0.480 e. The number of carbonyl (C=O) groups is 1. The van der Waals surface area contributed by atoms with Gasteiger partial charge in [-0.3, -0.25) is 9.32 Å². The standard InChI is InChI=1S/C15H21N2O5P/c1-5-21-23(20,17-15(4,11(2)3)14(18)19)22-13-8-6-7-12(9-13)10-16/h6-9,11H,5H2,1-4H3,(H,17,20)(H,18,19). The molecule has 1 rings (SSSR count). The third kappa shape index (κ3) is 4.80. The van der Waals surface area contributed by atoms with E-state index in [0.717, 1.165) is 0 Å². The number of nitrogens with one attached hydrogen (secondary N) is 1. The molecule has 0 spiro atoms. The molecule has 2 N–H and O–H groups in total. The normalized spacial score (nSPS) is 16.2. The molecule has 0 amide bonds. The SMILES string of the molecule is CCOP(=O)(NC(C)(C(=O)O)C(C)C)Oc1cccc(C#N)c1. The maximum absolute atomic E-state index is 12.9. The zero-order valence-corrected chi connectivity index (χ0v) is 14.5. The van der Waals surface area contributed by atoms with Crippen molar-refractivity contribution in [1.82, 2.24) is 5.09 Å². The van der Waals surface area contributed by atoms with Gasteiger partial charge in [-0.05, 0) is 38.0 Å². The summed E-state index contributed by atoms with van der Waals surface area (Å²) >= 11 is 0. The van der Waals surface area contributed by atoms with Crippen LogP contribution in [0.2, 0.25) is 0 Å². The Morgan fingerprint density at radius 1 is 1.52 bits per heavy atom. The van der Waals surface area contributed by atoms with E-state index in [1.807, 2.05) is 6.07 Å². The van der Waals surface area contributed by atoms with E-state index in [1.165, 1.54) is 19.1 Å². The Hall–Kier alpha value is -1.87. The first-order valence-electron chi connectivity index (χ1n) is 7.14. The second-order valence-electron chi connectivity index (χ2n) is 5.42. The number of aliphatic carboxylic acids is 1. The van der Waals surface area contributed by atoms with Crippen molar-refractivity contribution in [1.29, 1.82) is 5.26 Å². The maximum atomic E-state index is 12.9. The van der Waals surface area contributed by atoms with Gasteiger partial charge < -0.3 is 9.63 Å². The number of benzene rings is 1. The Kier molecular flexibility index (Phi) is 6.34. The van der Waals surface area contributed by atoms with Crippen LogP contribution >= 0.6 is 7.75 Å². The number of carboxylic acids is 1. The topological polar surface area (TPSA) is 109 Å². The molecule has 0 aliphatic carbocycles. The number of carboxylic acid groups (broad SMARTS) is 1. The van der Waals surface area contributed by atoms with Crippen molar-refractivity contribution in [2.75, 3.05) is 6.61 Å². The molecule has 1 aromatic rings. The monoisotopic (exact) mass is 340 g/mol. The van der Waals surface area contributed by atoms with Gasteiger partial charge in [0.25, 0.3) is 0 Å². The summed E-state index contributed by atoms with van der Waals surface area (Å²) in [5, 5.41) is 20.9. The fraction of sp³-hybridized carbons (Fsp3) is 0.467. The molecule has 0 bridgehead atoms. The van der Waals surface area contributed by atoms with E-state index in [9.17, 15) is 14.5 Å². The number of rotatable bonds is 8. The lowest BCUT2D eigenvalue weighted by molar-refractivity contribution is -0.145. The Balaban J connectivity index is 3.14. The molecule has 126 valence electrons. The van der Waals surface area contributed by atoms with E-state index in [-0.39, 0.29) is 18.3 Å². The van der Waals surface area contributed by atoms with Gasteiger partial charge in [0, 0.05) is 0 Å². The predicted molar refractivity (Wildman–Crippen MR) is 85.0 cm³/mol. The van der Waals surface area contributed by atoms with Gasteiger partial charge in [0.05, 0.1) is 18.2 Å². The number of nitriles is 1. The second-order valence-corrected chi connectivity index (χ2v) is 7.08. The molecule has 0 heterocycles. The van der Waals surface area contributed by atoms with Crippen LogP contribution in [0, 0.1) is 17.2 Å². The smallest absolute Gasteiger partial charge is 0.459 e. The van der Waals surface area contributed by atoms with Crippen molar-refractivity contribution >= 4 is 13.7 Å². The van der Waals surface area contributed by atoms with Gasteiger partial charge in [-0.15, -0.1) is 0 Å². The average molecular weight is 340 g/mol. The highest BCUT2D eigenvalue weighted by Gasteiger charge is 2.44. The summed E-state index contributed by atoms with van der Waals surface area (Å²) < 4.78 is 23.5. The number of hydrogen-bond acceptors (Lipinski definition) is 5. The van der Waals surface area contributed by atoms with Crippen LogP contribution < -0.4 is 9.61 Å². The molecule has 2 unspecified atom stereocenters. The first kappa shape index (κ1) is 19.2. The highest BCUT2D eigenvalue weighted by Crippen LogP contribution is 2.47. The van der Waals surface area contributed by atoms with Crippen LogP contribution in [0.4, 0.5) is 0 Å². The first-order chi connectivity index (χ1) is 10.7. The summed E-state index contributed by atoms with van der Waals surface area (Å²) in [7, 11) is -3.94. The Morgan fingerprint density at radius 3 is 2.65 bits per heavy atom. The fourth-order valence-electron chi connectivity index (χ4n) is 1.72. The Labute approximate surface area is 135 Å². The molecule has 0 aliphatic heterocycles. The predicted octanol–water partition coefficient (Wildman–Crippen LogP) is 3.17. The third-order valence-corrected chi connectivity index (χ3v) is 5.24. The van der Waals surface area contributed by atoms with Gasteiger partial charge >= 0.3 is 13.7 Å². The van der Waals surface area contributed by atoms with Crippen LogP contribution in [0.15, 0.2) is 24.3 Å². The van der Waals surface area contributed by atoms with Crippen LogP contribution in [0.3, 0.4) is 0 Å². The molecular formula is C15H21N2O5P. The quantitative estimate of drug-likeness (QED) is 0.700. The Bertz CT molecular complexity index is 656.